The fraction of sp³-hybridized carbons (Fsp3) is 0.278. The van der Waals surface area contributed by atoms with Gasteiger partial charge < -0.3 is 10.2 Å². The molecule has 0 radical (unpaired) electrons. The average Bonchev–Trinajstić information content (AvgIpc) is 2.42. The number of carbonyl (C=O) groups excluding carboxylic acids is 1. The Labute approximate surface area is 147 Å². The van der Waals surface area contributed by atoms with Crippen LogP contribution >= 0.6 is 23.2 Å². The molecule has 0 bridgehead atoms. The molecule has 1 amide bonds. The van der Waals surface area contributed by atoms with Gasteiger partial charge in [-0.2, -0.15) is 0 Å². The van der Waals surface area contributed by atoms with E-state index in [1.165, 1.54) is 0 Å². The third kappa shape index (κ3) is 5.24. The number of nitrogens with one attached hydrogen (secondary N) is 2. The molecule has 0 aliphatic carbocycles. The molecule has 0 aliphatic heterocycles. The number of anilines is 1. The van der Waals surface area contributed by atoms with Crippen molar-refractivity contribution in [2.45, 2.75) is 20.4 Å². The standard InChI is InChI=1S/C18H20Cl2N2O/c1-12-7-13(2)18(16(20)8-12)21-17(23)11-22(3)10-14-5-4-6-15(19)9-14/h4-9H,10-11H2,1-3H3,(H,21,23)/p+1. The molecule has 2 aromatic carbocycles. The molecule has 0 heterocycles. The highest BCUT2D eigenvalue weighted by atomic mass is 35.5. The van der Waals surface area contributed by atoms with Gasteiger partial charge in [-0.05, 0) is 43.2 Å². The van der Waals surface area contributed by atoms with Crippen molar-refractivity contribution in [3.63, 3.8) is 0 Å². The molecule has 1 unspecified atom stereocenters. The number of carbonyl (C=O) groups is 1. The molecule has 0 aromatic heterocycles. The van der Waals surface area contributed by atoms with Crippen LogP contribution in [0.3, 0.4) is 0 Å². The van der Waals surface area contributed by atoms with Gasteiger partial charge in [0.1, 0.15) is 6.54 Å². The summed E-state index contributed by atoms with van der Waals surface area (Å²) in [7, 11) is 1.98. The van der Waals surface area contributed by atoms with E-state index >= 15 is 0 Å². The molecule has 1 atom stereocenters. The molecule has 2 aromatic rings. The largest absolute Gasteiger partial charge is 0.326 e. The minimum absolute atomic E-state index is 0.0571. The maximum absolute atomic E-state index is 12.3. The summed E-state index contributed by atoms with van der Waals surface area (Å²) in [5.41, 5.74) is 3.84. The number of amides is 1. The molecule has 5 heteroatoms. The SMILES string of the molecule is Cc1cc(C)c(NC(=O)C[NH+](C)Cc2cccc(Cl)c2)c(Cl)c1. The van der Waals surface area contributed by atoms with Crippen molar-refractivity contribution in [3.8, 4) is 0 Å². The van der Waals surface area contributed by atoms with E-state index in [1.54, 1.807) is 0 Å². The van der Waals surface area contributed by atoms with Crippen LogP contribution in [0.4, 0.5) is 5.69 Å². The van der Waals surface area contributed by atoms with Gasteiger partial charge >= 0.3 is 0 Å². The number of hydrogen-bond donors (Lipinski definition) is 2. The van der Waals surface area contributed by atoms with Crippen molar-refractivity contribution in [1.82, 2.24) is 0 Å². The Kier molecular flexibility index (Phi) is 6.05. The van der Waals surface area contributed by atoms with E-state index in [9.17, 15) is 4.79 Å². The Hall–Kier alpha value is -1.55. The molecule has 0 fully saturated rings. The first-order chi connectivity index (χ1) is 10.8. The minimum Gasteiger partial charge on any atom is -0.326 e. The number of likely N-dealkylation sites (N-methyl/N-ethyl adjacent to an activating group) is 1. The first kappa shape index (κ1) is 17.8. The minimum atomic E-state index is -0.0571. The Bertz CT molecular complexity index is 693. The lowest BCUT2D eigenvalue weighted by Gasteiger charge is -2.16. The Morgan fingerprint density at radius 1 is 1.17 bits per heavy atom. The highest BCUT2D eigenvalue weighted by Crippen LogP contribution is 2.27. The molecule has 2 rings (SSSR count). The summed E-state index contributed by atoms with van der Waals surface area (Å²) < 4.78 is 0. The van der Waals surface area contributed by atoms with E-state index in [0.29, 0.717) is 22.3 Å². The molecule has 122 valence electrons. The second-order valence-electron chi connectivity index (χ2n) is 5.93. The molecule has 2 N–H and O–H groups in total. The van der Waals surface area contributed by atoms with Crippen LogP contribution in [-0.4, -0.2) is 19.5 Å². The number of aryl methyl sites for hydroxylation is 2. The second kappa shape index (κ2) is 7.82. The first-order valence-corrected chi connectivity index (χ1v) is 8.23. The van der Waals surface area contributed by atoms with Crippen LogP contribution in [0.15, 0.2) is 36.4 Å². The third-order valence-corrected chi connectivity index (χ3v) is 4.09. The number of benzene rings is 2. The van der Waals surface area contributed by atoms with Gasteiger partial charge in [-0.1, -0.05) is 41.4 Å². The summed E-state index contributed by atoms with van der Waals surface area (Å²) in [5.74, 6) is -0.0571. The van der Waals surface area contributed by atoms with Crippen molar-refractivity contribution < 1.29 is 9.69 Å². The number of halogens is 2. The number of hydrogen-bond acceptors (Lipinski definition) is 1. The van der Waals surface area contributed by atoms with Crippen LogP contribution in [0.2, 0.25) is 10.0 Å². The normalized spacial score (nSPS) is 12.0. The van der Waals surface area contributed by atoms with Crippen molar-refractivity contribution in [1.29, 1.82) is 0 Å². The topological polar surface area (TPSA) is 33.5 Å². The van der Waals surface area contributed by atoms with Gasteiger partial charge in [0.05, 0.1) is 17.8 Å². The van der Waals surface area contributed by atoms with Crippen LogP contribution < -0.4 is 10.2 Å². The van der Waals surface area contributed by atoms with Gasteiger partial charge in [-0.15, -0.1) is 0 Å². The Morgan fingerprint density at radius 2 is 1.91 bits per heavy atom. The lowest BCUT2D eigenvalue weighted by atomic mass is 10.1. The van der Waals surface area contributed by atoms with Crippen LogP contribution in [0, 0.1) is 13.8 Å². The summed E-state index contributed by atoms with van der Waals surface area (Å²) in [4.78, 5) is 13.3. The van der Waals surface area contributed by atoms with Crippen molar-refractivity contribution in [2.24, 2.45) is 0 Å². The molecule has 0 saturated carbocycles. The van der Waals surface area contributed by atoms with Gasteiger partial charge in [0.25, 0.3) is 5.91 Å². The first-order valence-electron chi connectivity index (χ1n) is 7.47. The lowest BCUT2D eigenvalue weighted by Crippen LogP contribution is -3.08. The van der Waals surface area contributed by atoms with Gasteiger partial charge in [0.2, 0.25) is 0 Å². The molecule has 0 spiro atoms. The summed E-state index contributed by atoms with van der Waals surface area (Å²) in [6.45, 7) is 5.01. The van der Waals surface area contributed by atoms with E-state index in [2.05, 4.69) is 5.32 Å². The smallest absolute Gasteiger partial charge is 0.279 e. The predicted octanol–water partition coefficient (Wildman–Crippen LogP) is 3.26. The average molecular weight is 352 g/mol. The third-order valence-electron chi connectivity index (χ3n) is 3.55. The van der Waals surface area contributed by atoms with E-state index < -0.39 is 0 Å². The van der Waals surface area contributed by atoms with Crippen LogP contribution in [0.5, 0.6) is 0 Å². The highest BCUT2D eigenvalue weighted by molar-refractivity contribution is 6.34. The summed E-state index contributed by atoms with van der Waals surface area (Å²) >= 11 is 12.2. The predicted molar refractivity (Wildman–Crippen MR) is 96.5 cm³/mol. The number of rotatable bonds is 5. The van der Waals surface area contributed by atoms with E-state index in [1.807, 2.05) is 57.3 Å². The fourth-order valence-corrected chi connectivity index (χ4v) is 3.17. The summed E-state index contributed by atoms with van der Waals surface area (Å²) in [6.07, 6.45) is 0. The van der Waals surface area contributed by atoms with Gasteiger partial charge in [0.15, 0.2) is 6.54 Å². The Morgan fingerprint density at radius 3 is 2.57 bits per heavy atom. The zero-order chi connectivity index (χ0) is 17.0. The maximum Gasteiger partial charge on any atom is 0.279 e. The summed E-state index contributed by atoms with van der Waals surface area (Å²) in [5, 5.41) is 4.20. The van der Waals surface area contributed by atoms with E-state index in [-0.39, 0.29) is 5.91 Å². The molecule has 0 saturated heterocycles. The molecule has 3 nitrogen and oxygen atoms in total. The van der Waals surface area contributed by atoms with E-state index in [4.69, 9.17) is 23.2 Å². The van der Waals surface area contributed by atoms with Crippen LogP contribution in [-0.2, 0) is 11.3 Å². The second-order valence-corrected chi connectivity index (χ2v) is 6.77. The lowest BCUT2D eigenvalue weighted by molar-refractivity contribution is -0.885. The number of quaternary nitrogens is 1. The fourth-order valence-electron chi connectivity index (χ4n) is 2.59. The maximum atomic E-state index is 12.3. The van der Waals surface area contributed by atoms with Crippen molar-refractivity contribution in [2.75, 3.05) is 18.9 Å². The van der Waals surface area contributed by atoms with Crippen LogP contribution in [0.25, 0.3) is 0 Å². The zero-order valence-electron chi connectivity index (χ0n) is 13.5. The zero-order valence-corrected chi connectivity index (χ0v) is 15.1. The molecule has 0 aliphatic rings. The summed E-state index contributed by atoms with van der Waals surface area (Å²) in [6, 6.07) is 11.5. The van der Waals surface area contributed by atoms with Gasteiger partial charge in [0, 0.05) is 10.6 Å². The quantitative estimate of drug-likeness (QED) is 0.851. The van der Waals surface area contributed by atoms with Crippen LogP contribution in [0.1, 0.15) is 16.7 Å². The Balaban J connectivity index is 1.97. The van der Waals surface area contributed by atoms with Gasteiger partial charge in [-0.25, -0.2) is 0 Å². The molecular formula is C18H21Cl2N2O+. The van der Waals surface area contributed by atoms with Gasteiger partial charge in [-0.3, -0.25) is 4.79 Å². The highest BCUT2D eigenvalue weighted by Gasteiger charge is 2.14. The molecule has 23 heavy (non-hydrogen) atoms. The monoisotopic (exact) mass is 351 g/mol. The van der Waals surface area contributed by atoms with Crippen molar-refractivity contribution in [3.05, 3.63) is 63.1 Å². The van der Waals surface area contributed by atoms with Crippen molar-refractivity contribution >= 4 is 34.8 Å². The van der Waals surface area contributed by atoms with E-state index in [0.717, 1.165) is 28.1 Å². The molecular weight excluding hydrogens is 331 g/mol.